The van der Waals surface area contributed by atoms with Crippen LogP contribution in [0, 0.1) is 5.92 Å². The minimum Gasteiger partial charge on any atom is -0.467 e. The number of anilines is 1. The fourth-order valence-corrected chi connectivity index (χ4v) is 2.95. The third kappa shape index (κ3) is 5.84. The van der Waals surface area contributed by atoms with Crippen LogP contribution < -0.4 is 11.1 Å². The average molecular weight is 436 g/mol. The van der Waals surface area contributed by atoms with E-state index < -0.39 is 0 Å². The lowest BCUT2D eigenvalue weighted by Gasteiger charge is -2.31. The number of amides is 2. The molecule has 1 aliphatic rings. The predicted octanol–water partition coefficient (Wildman–Crippen LogP) is 3.12. The fraction of sp³-hybridized carbons (Fsp3) is 0.353. The second-order valence-corrected chi connectivity index (χ2v) is 6.38. The van der Waals surface area contributed by atoms with Gasteiger partial charge >= 0.3 is 0 Å². The van der Waals surface area contributed by atoms with Crippen LogP contribution in [-0.4, -0.2) is 34.8 Å². The van der Waals surface area contributed by atoms with Crippen LogP contribution in [-0.2, 0) is 11.3 Å². The summed E-state index contributed by atoms with van der Waals surface area (Å²) in [6.45, 7) is 1.22. The number of aromatic nitrogens is 1. The average Bonchev–Trinajstić information content (AvgIpc) is 3.12. The molecule has 3 N–H and O–H groups in total. The van der Waals surface area contributed by atoms with Gasteiger partial charge in [0.05, 0.1) is 23.0 Å². The molecule has 1 aliphatic heterocycles. The van der Waals surface area contributed by atoms with E-state index in [0.717, 1.165) is 12.8 Å². The van der Waals surface area contributed by atoms with Gasteiger partial charge in [0, 0.05) is 19.3 Å². The number of nitrogens with two attached hydrogens (primary N) is 1. The Kier molecular flexibility index (Phi) is 9.05. The third-order valence-corrected chi connectivity index (χ3v) is 4.38. The van der Waals surface area contributed by atoms with Crippen molar-refractivity contribution in [2.24, 2.45) is 11.7 Å². The van der Waals surface area contributed by atoms with E-state index >= 15 is 0 Å². The summed E-state index contributed by atoms with van der Waals surface area (Å²) in [4.78, 5) is 30.7. The van der Waals surface area contributed by atoms with Crippen LogP contribution in [0.25, 0.3) is 0 Å². The van der Waals surface area contributed by atoms with Crippen molar-refractivity contribution in [2.75, 3.05) is 18.4 Å². The summed E-state index contributed by atoms with van der Waals surface area (Å²) in [6, 6.07) is 4.95. The van der Waals surface area contributed by atoms with E-state index in [9.17, 15) is 9.59 Å². The Hall–Kier alpha value is -1.80. The van der Waals surface area contributed by atoms with Crippen molar-refractivity contribution in [1.82, 2.24) is 9.88 Å². The molecular formula is C17H21Cl3N4O3. The molecule has 7 nitrogen and oxygen atoms in total. The van der Waals surface area contributed by atoms with Crippen molar-refractivity contribution in [2.45, 2.75) is 19.4 Å². The maximum absolute atomic E-state index is 12.6. The van der Waals surface area contributed by atoms with Gasteiger partial charge in [0.1, 0.15) is 17.8 Å². The predicted molar refractivity (Wildman–Crippen MR) is 108 cm³/mol. The topological polar surface area (TPSA) is 101 Å². The number of hydrogen-bond donors (Lipinski definition) is 2. The van der Waals surface area contributed by atoms with Crippen LogP contribution in [0.1, 0.15) is 29.0 Å². The first kappa shape index (κ1) is 23.2. The van der Waals surface area contributed by atoms with Gasteiger partial charge in [-0.2, -0.15) is 0 Å². The Labute approximate surface area is 174 Å². The molecule has 1 saturated heterocycles. The Morgan fingerprint density at radius 3 is 2.78 bits per heavy atom. The van der Waals surface area contributed by atoms with Crippen molar-refractivity contribution in [3.8, 4) is 0 Å². The number of rotatable bonds is 4. The van der Waals surface area contributed by atoms with Crippen molar-refractivity contribution < 1.29 is 14.0 Å². The van der Waals surface area contributed by atoms with Crippen LogP contribution in [0.2, 0.25) is 5.02 Å². The number of pyridine rings is 1. The van der Waals surface area contributed by atoms with Gasteiger partial charge in [0.2, 0.25) is 5.91 Å². The first-order chi connectivity index (χ1) is 12.1. The molecule has 0 radical (unpaired) electrons. The molecule has 0 saturated carbocycles. The summed E-state index contributed by atoms with van der Waals surface area (Å²) in [6.07, 6.45) is 4.37. The highest BCUT2D eigenvalue weighted by Crippen LogP contribution is 2.21. The van der Waals surface area contributed by atoms with E-state index in [1.807, 2.05) is 0 Å². The first-order valence-electron chi connectivity index (χ1n) is 8.06. The van der Waals surface area contributed by atoms with Crippen molar-refractivity contribution in [1.29, 1.82) is 0 Å². The SMILES string of the molecule is Cl.Cl.NCc1cc(C(=O)N2CCCC(C(=O)Nc3ccc(Cl)cn3)C2)co1. The molecule has 3 heterocycles. The molecule has 0 bridgehead atoms. The lowest BCUT2D eigenvalue weighted by Crippen LogP contribution is -2.43. The molecule has 3 rings (SSSR count). The van der Waals surface area contributed by atoms with E-state index in [4.69, 9.17) is 21.8 Å². The van der Waals surface area contributed by atoms with Crippen LogP contribution in [0.5, 0.6) is 0 Å². The van der Waals surface area contributed by atoms with Crippen LogP contribution in [0.15, 0.2) is 35.1 Å². The molecule has 2 aromatic heterocycles. The smallest absolute Gasteiger partial charge is 0.257 e. The monoisotopic (exact) mass is 434 g/mol. The zero-order chi connectivity index (χ0) is 17.8. The number of carbonyl (C=O) groups excluding carboxylic acids is 2. The van der Waals surface area contributed by atoms with Gasteiger partial charge in [0.15, 0.2) is 0 Å². The summed E-state index contributed by atoms with van der Waals surface area (Å²) < 4.78 is 5.22. The maximum atomic E-state index is 12.6. The highest BCUT2D eigenvalue weighted by molar-refractivity contribution is 6.30. The van der Waals surface area contributed by atoms with Gasteiger partial charge < -0.3 is 20.4 Å². The summed E-state index contributed by atoms with van der Waals surface area (Å²) >= 11 is 5.79. The number of piperidine rings is 1. The Bertz CT molecular complexity index is 767. The number of furan rings is 1. The largest absolute Gasteiger partial charge is 0.467 e. The molecule has 1 atom stereocenters. The Morgan fingerprint density at radius 1 is 1.37 bits per heavy atom. The molecule has 148 valence electrons. The van der Waals surface area contributed by atoms with Gasteiger partial charge in [-0.15, -0.1) is 24.8 Å². The number of hydrogen-bond acceptors (Lipinski definition) is 5. The first-order valence-corrected chi connectivity index (χ1v) is 8.44. The summed E-state index contributed by atoms with van der Waals surface area (Å²) in [7, 11) is 0. The van der Waals surface area contributed by atoms with Crippen molar-refractivity contribution in [3.63, 3.8) is 0 Å². The number of carbonyl (C=O) groups is 2. The van der Waals surface area contributed by atoms with E-state index in [1.165, 1.54) is 12.5 Å². The van der Waals surface area contributed by atoms with Crippen LogP contribution in [0.4, 0.5) is 5.82 Å². The summed E-state index contributed by atoms with van der Waals surface area (Å²) in [5.74, 6) is 0.424. The second-order valence-electron chi connectivity index (χ2n) is 5.95. The number of halogens is 3. The Morgan fingerprint density at radius 2 is 2.15 bits per heavy atom. The molecule has 2 aromatic rings. The summed E-state index contributed by atoms with van der Waals surface area (Å²) in [5, 5.41) is 3.27. The molecular weight excluding hydrogens is 415 g/mol. The van der Waals surface area contributed by atoms with Gasteiger partial charge in [-0.3, -0.25) is 9.59 Å². The molecule has 0 aromatic carbocycles. The van der Waals surface area contributed by atoms with Crippen molar-refractivity contribution >= 4 is 54.0 Å². The van der Waals surface area contributed by atoms with Gasteiger partial charge in [-0.05, 0) is 31.0 Å². The van der Waals surface area contributed by atoms with Gasteiger partial charge in [-0.25, -0.2) is 4.98 Å². The number of nitrogens with one attached hydrogen (secondary N) is 1. The van der Waals surface area contributed by atoms with Crippen LogP contribution in [0.3, 0.4) is 0 Å². The number of nitrogens with zero attached hydrogens (tertiary/aromatic N) is 2. The van der Waals surface area contributed by atoms with E-state index in [-0.39, 0.29) is 49.1 Å². The lowest BCUT2D eigenvalue weighted by molar-refractivity contribution is -0.121. The van der Waals surface area contributed by atoms with Gasteiger partial charge in [-0.1, -0.05) is 11.6 Å². The number of likely N-dealkylation sites (tertiary alicyclic amines) is 1. The van der Waals surface area contributed by atoms with E-state index in [1.54, 1.807) is 23.1 Å². The standard InChI is InChI=1S/C17H19ClN4O3.2ClH/c18-13-3-4-15(20-8-13)21-16(23)11-2-1-5-22(9-11)17(24)12-6-14(7-19)25-10-12;;/h3-4,6,8,10-11H,1-2,5,7,9,19H2,(H,20,21,23);2*1H. The Balaban J connectivity index is 0.00000182. The molecule has 1 unspecified atom stereocenters. The van der Waals surface area contributed by atoms with Crippen molar-refractivity contribution in [3.05, 3.63) is 47.0 Å². The fourth-order valence-electron chi connectivity index (χ4n) is 2.84. The molecule has 2 amide bonds. The lowest BCUT2D eigenvalue weighted by atomic mass is 9.96. The van der Waals surface area contributed by atoms with Crippen LogP contribution >= 0.6 is 36.4 Å². The van der Waals surface area contributed by atoms with E-state index in [0.29, 0.717) is 35.3 Å². The second kappa shape index (κ2) is 10.5. The molecule has 10 heteroatoms. The zero-order valence-electron chi connectivity index (χ0n) is 14.4. The minimum atomic E-state index is -0.281. The molecule has 0 aliphatic carbocycles. The zero-order valence-corrected chi connectivity index (χ0v) is 16.8. The molecule has 1 fully saturated rings. The molecule has 0 spiro atoms. The third-order valence-electron chi connectivity index (χ3n) is 4.16. The quantitative estimate of drug-likeness (QED) is 0.768. The van der Waals surface area contributed by atoms with E-state index in [2.05, 4.69) is 10.3 Å². The highest BCUT2D eigenvalue weighted by Gasteiger charge is 2.29. The maximum Gasteiger partial charge on any atom is 0.257 e. The van der Waals surface area contributed by atoms with Gasteiger partial charge in [0.25, 0.3) is 5.91 Å². The summed E-state index contributed by atoms with van der Waals surface area (Å²) in [5.41, 5.74) is 5.96. The highest BCUT2D eigenvalue weighted by atomic mass is 35.5. The minimum absolute atomic E-state index is 0. The molecule has 27 heavy (non-hydrogen) atoms. The normalized spacial score (nSPS) is 16.1.